The van der Waals surface area contributed by atoms with Gasteiger partial charge in [-0.3, -0.25) is 14.5 Å². The minimum Gasteiger partial charge on any atom is -0.469 e. The molecule has 0 aromatic rings. The van der Waals surface area contributed by atoms with Crippen LogP contribution >= 0.6 is 0 Å². The molecule has 4 atom stereocenters. The van der Waals surface area contributed by atoms with Crippen molar-refractivity contribution in [1.29, 1.82) is 0 Å². The molecule has 0 aromatic heterocycles. The summed E-state index contributed by atoms with van der Waals surface area (Å²) >= 11 is 0. The highest BCUT2D eigenvalue weighted by Gasteiger charge is 2.47. The zero-order valence-corrected chi connectivity index (χ0v) is 12.9. The number of piperidine rings is 1. The number of nitrogens with one attached hydrogen (secondary N) is 1. The third kappa shape index (κ3) is 2.97. The molecule has 1 N–H and O–H groups in total. The van der Waals surface area contributed by atoms with Gasteiger partial charge < -0.3 is 10.1 Å². The fourth-order valence-electron chi connectivity index (χ4n) is 3.59. The SMILES string of the molecule is COC(=O)CC(NC(=O)C1[C@H]2CC[C@H](C2)N1C)C(C)C. The van der Waals surface area contributed by atoms with Crippen LogP contribution in [0.4, 0.5) is 0 Å². The lowest BCUT2D eigenvalue weighted by Crippen LogP contribution is -2.52. The van der Waals surface area contributed by atoms with Crippen LogP contribution in [-0.2, 0) is 14.3 Å². The molecule has 0 spiro atoms. The third-order valence-electron chi connectivity index (χ3n) is 4.92. The Balaban J connectivity index is 1.96. The van der Waals surface area contributed by atoms with Crippen molar-refractivity contribution >= 4 is 11.9 Å². The first-order valence-corrected chi connectivity index (χ1v) is 7.53. The molecule has 1 heterocycles. The van der Waals surface area contributed by atoms with E-state index in [0.29, 0.717) is 12.0 Å². The third-order valence-corrected chi connectivity index (χ3v) is 4.92. The van der Waals surface area contributed by atoms with E-state index in [-0.39, 0.29) is 36.3 Å². The van der Waals surface area contributed by atoms with E-state index in [1.54, 1.807) is 0 Å². The van der Waals surface area contributed by atoms with Gasteiger partial charge in [-0.2, -0.15) is 0 Å². The van der Waals surface area contributed by atoms with Crippen LogP contribution in [0.2, 0.25) is 0 Å². The summed E-state index contributed by atoms with van der Waals surface area (Å²) in [5.41, 5.74) is 0. The normalized spacial score (nSPS) is 30.6. The Morgan fingerprint density at radius 2 is 2.05 bits per heavy atom. The fraction of sp³-hybridized carbons (Fsp3) is 0.867. The highest BCUT2D eigenvalue weighted by atomic mass is 16.5. The Kier molecular flexibility index (Phi) is 4.68. The number of likely N-dealkylation sites (N-methyl/N-ethyl adjacent to an activating group) is 1. The van der Waals surface area contributed by atoms with Crippen LogP contribution in [0.3, 0.4) is 0 Å². The van der Waals surface area contributed by atoms with Gasteiger partial charge in [0.2, 0.25) is 5.91 Å². The zero-order chi connectivity index (χ0) is 14.9. The van der Waals surface area contributed by atoms with Crippen molar-refractivity contribution in [3.63, 3.8) is 0 Å². The summed E-state index contributed by atoms with van der Waals surface area (Å²) in [5.74, 6) is 0.491. The maximum absolute atomic E-state index is 12.5. The fourth-order valence-corrected chi connectivity index (χ4v) is 3.59. The molecule has 5 heteroatoms. The van der Waals surface area contributed by atoms with E-state index in [1.165, 1.54) is 13.5 Å². The molecule has 114 valence electrons. The summed E-state index contributed by atoms with van der Waals surface area (Å²) in [7, 11) is 3.42. The number of hydrogen-bond acceptors (Lipinski definition) is 4. The highest BCUT2D eigenvalue weighted by molar-refractivity contribution is 5.83. The average Bonchev–Trinajstić information content (AvgIpc) is 2.97. The quantitative estimate of drug-likeness (QED) is 0.769. The number of likely N-dealkylation sites (tertiary alicyclic amines) is 1. The number of rotatable bonds is 5. The molecule has 1 saturated heterocycles. The molecule has 20 heavy (non-hydrogen) atoms. The first kappa shape index (κ1) is 15.3. The smallest absolute Gasteiger partial charge is 0.307 e. The van der Waals surface area contributed by atoms with E-state index in [0.717, 1.165) is 12.8 Å². The van der Waals surface area contributed by atoms with Gasteiger partial charge in [-0.15, -0.1) is 0 Å². The van der Waals surface area contributed by atoms with Crippen molar-refractivity contribution in [3.8, 4) is 0 Å². The first-order valence-electron chi connectivity index (χ1n) is 7.53. The molecule has 2 rings (SSSR count). The molecule has 2 fully saturated rings. The van der Waals surface area contributed by atoms with Crippen molar-refractivity contribution in [2.24, 2.45) is 11.8 Å². The second kappa shape index (κ2) is 6.12. The lowest BCUT2D eigenvalue weighted by Gasteiger charge is -2.32. The van der Waals surface area contributed by atoms with Crippen LogP contribution in [0.5, 0.6) is 0 Å². The molecular formula is C15H26N2O3. The number of esters is 1. The number of nitrogens with zero attached hydrogens (tertiary/aromatic N) is 1. The topological polar surface area (TPSA) is 58.6 Å². The Hall–Kier alpha value is -1.10. The van der Waals surface area contributed by atoms with Gasteiger partial charge >= 0.3 is 5.97 Å². The maximum atomic E-state index is 12.5. The summed E-state index contributed by atoms with van der Waals surface area (Å²) in [4.78, 5) is 26.2. The van der Waals surface area contributed by atoms with Crippen molar-refractivity contribution < 1.29 is 14.3 Å². The van der Waals surface area contributed by atoms with Gasteiger partial charge in [-0.25, -0.2) is 0 Å². The highest BCUT2D eigenvalue weighted by Crippen LogP contribution is 2.41. The Morgan fingerprint density at radius 3 is 2.55 bits per heavy atom. The largest absolute Gasteiger partial charge is 0.469 e. The van der Waals surface area contributed by atoms with Gasteiger partial charge in [-0.1, -0.05) is 13.8 Å². The van der Waals surface area contributed by atoms with Crippen molar-refractivity contribution in [2.75, 3.05) is 14.2 Å². The standard InChI is InChI=1S/C15H26N2O3/c1-9(2)12(8-13(18)20-4)16-15(19)14-10-5-6-11(7-10)17(14)3/h9-12,14H,5-8H2,1-4H3,(H,16,19)/t10-,11+,12?,14?/m0/s1. The molecule has 1 aliphatic heterocycles. The Morgan fingerprint density at radius 1 is 1.35 bits per heavy atom. The second-order valence-electron chi connectivity index (χ2n) is 6.48. The molecule has 1 amide bonds. The van der Waals surface area contributed by atoms with E-state index in [1.807, 2.05) is 20.9 Å². The predicted octanol–water partition coefficient (Wildman–Crippen LogP) is 1.17. The van der Waals surface area contributed by atoms with Gasteiger partial charge in [0.25, 0.3) is 0 Å². The molecule has 2 bridgehead atoms. The van der Waals surface area contributed by atoms with E-state index in [2.05, 4.69) is 10.2 Å². The molecule has 2 aliphatic rings. The molecule has 5 nitrogen and oxygen atoms in total. The number of amides is 1. The van der Waals surface area contributed by atoms with Crippen LogP contribution in [0.25, 0.3) is 0 Å². The van der Waals surface area contributed by atoms with Crippen LogP contribution in [0, 0.1) is 11.8 Å². The predicted molar refractivity (Wildman–Crippen MR) is 76.1 cm³/mol. The lowest BCUT2D eigenvalue weighted by atomic mass is 9.96. The van der Waals surface area contributed by atoms with E-state index in [4.69, 9.17) is 4.74 Å². The summed E-state index contributed by atoms with van der Waals surface area (Å²) < 4.78 is 4.71. The lowest BCUT2D eigenvalue weighted by molar-refractivity contribution is -0.141. The molecule has 0 aromatic carbocycles. The number of carbonyl (C=O) groups excluding carboxylic acids is 2. The Labute approximate surface area is 121 Å². The van der Waals surface area contributed by atoms with Crippen LogP contribution in [-0.4, -0.2) is 49.1 Å². The van der Waals surface area contributed by atoms with E-state index in [9.17, 15) is 9.59 Å². The molecule has 2 unspecified atom stereocenters. The summed E-state index contributed by atoms with van der Waals surface area (Å²) in [6, 6.07) is 0.393. The minimum atomic E-state index is -0.273. The van der Waals surface area contributed by atoms with E-state index >= 15 is 0 Å². The van der Waals surface area contributed by atoms with Gasteiger partial charge in [0, 0.05) is 12.1 Å². The van der Waals surface area contributed by atoms with Gasteiger partial charge in [-0.05, 0) is 38.1 Å². The van der Waals surface area contributed by atoms with Crippen molar-refractivity contribution in [1.82, 2.24) is 10.2 Å². The number of methoxy groups -OCH3 is 1. The number of hydrogen-bond donors (Lipinski definition) is 1. The molecule has 1 saturated carbocycles. The number of fused-ring (bicyclic) bond motifs is 2. The van der Waals surface area contributed by atoms with Crippen molar-refractivity contribution in [2.45, 2.75) is 57.7 Å². The average molecular weight is 282 g/mol. The van der Waals surface area contributed by atoms with Gasteiger partial charge in [0.1, 0.15) is 0 Å². The zero-order valence-electron chi connectivity index (χ0n) is 12.9. The monoisotopic (exact) mass is 282 g/mol. The first-order chi connectivity index (χ1) is 9.43. The summed E-state index contributed by atoms with van der Waals surface area (Å²) in [6.07, 6.45) is 3.74. The van der Waals surface area contributed by atoms with Crippen LogP contribution in [0.15, 0.2) is 0 Å². The van der Waals surface area contributed by atoms with E-state index < -0.39 is 0 Å². The molecule has 1 aliphatic carbocycles. The van der Waals surface area contributed by atoms with Crippen molar-refractivity contribution in [3.05, 3.63) is 0 Å². The number of carbonyl (C=O) groups is 2. The summed E-state index contributed by atoms with van der Waals surface area (Å²) in [5, 5.41) is 3.06. The van der Waals surface area contributed by atoms with Gasteiger partial charge in [0.05, 0.1) is 19.6 Å². The number of ether oxygens (including phenoxy) is 1. The van der Waals surface area contributed by atoms with Crippen LogP contribution < -0.4 is 5.32 Å². The second-order valence-corrected chi connectivity index (χ2v) is 6.48. The molecular weight excluding hydrogens is 256 g/mol. The Bertz CT molecular complexity index is 381. The van der Waals surface area contributed by atoms with Gasteiger partial charge in [0.15, 0.2) is 0 Å². The van der Waals surface area contributed by atoms with Crippen LogP contribution in [0.1, 0.15) is 39.5 Å². The minimum absolute atomic E-state index is 0.0207. The summed E-state index contributed by atoms with van der Waals surface area (Å²) in [6.45, 7) is 4.02. The maximum Gasteiger partial charge on any atom is 0.307 e. The molecule has 0 radical (unpaired) electrons.